The zero-order chi connectivity index (χ0) is 34.3. The molecule has 250 valence electrons. The topological polar surface area (TPSA) is 103 Å². The Morgan fingerprint density at radius 3 is 2.11 bits per heavy atom. The number of benzene rings is 2. The highest BCUT2D eigenvalue weighted by molar-refractivity contribution is 14.1. The molecule has 0 aromatic heterocycles. The number of rotatable bonds is 15. The van der Waals surface area contributed by atoms with Gasteiger partial charge in [-0.25, -0.2) is 0 Å². The van der Waals surface area contributed by atoms with Crippen molar-refractivity contribution in [1.82, 2.24) is 0 Å². The summed E-state index contributed by atoms with van der Waals surface area (Å²) in [6.45, 7) is 7.49. The van der Waals surface area contributed by atoms with Crippen LogP contribution in [0.4, 0.5) is 0 Å². The van der Waals surface area contributed by atoms with Gasteiger partial charge in [-0.2, -0.15) is 0 Å². The highest BCUT2D eigenvalue weighted by atomic mass is 127. The van der Waals surface area contributed by atoms with Crippen LogP contribution in [-0.2, 0) is 18.1 Å². The number of aldehydes is 1. The molecule has 0 radical (unpaired) electrons. The lowest BCUT2D eigenvalue weighted by Gasteiger charge is -2.30. The molecule has 8 nitrogen and oxygen atoms in total. The second-order valence-corrected chi connectivity index (χ2v) is 17.5. The Bertz CT molecular complexity index is 1600. The van der Waals surface area contributed by atoms with Crippen molar-refractivity contribution in [2.24, 2.45) is 0 Å². The molecular formula is C29H25Cl4I4O8Si-. The fourth-order valence-electron chi connectivity index (χ4n) is 4.62. The van der Waals surface area contributed by atoms with Crippen molar-refractivity contribution in [2.45, 2.75) is 33.2 Å². The minimum atomic E-state index is -2.85. The first kappa shape index (κ1) is 41.0. The van der Waals surface area contributed by atoms with Gasteiger partial charge in [-0.3, -0.25) is 4.79 Å². The van der Waals surface area contributed by atoms with E-state index in [0.717, 1.165) is 0 Å². The standard InChI is InChI=1S/C29H26Cl4I4O8Si/c1-4-42-46(43-5-2,44-6-3)9-7-8-41-28-17(36)11-16-19(20-21(29(39)40)23(31)25(33)24(32)22(20)30)15(10-14(35)13-38)18(12-34)45-27(16)26(28)37/h10-13H,4-9H2,1-3H3,(H,39,40)/p-1/b14-10+,18-12-. The summed E-state index contributed by atoms with van der Waals surface area (Å²) in [5.41, 5.74) is 0.625. The molecule has 0 atom stereocenters. The summed E-state index contributed by atoms with van der Waals surface area (Å²) >= 11 is 34.0. The van der Waals surface area contributed by atoms with E-state index in [9.17, 15) is 14.7 Å². The molecular weight excluding hydrogens is 1150 g/mol. The number of hydrogen-bond donors (Lipinski definition) is 0. The van der Waals surface area contributed by atoms with Crippen LogP contribution < -0.4 is 14.6 Å². The van der Waals surface area contributed by atoms with Gasteiger partial charge in [0.25, 0.3) is 0 Å². The van der Waals surface area contributed by atoms with Crippen LogP contribution >= 0.6 is 137 Å². The summed E-state index contributed by atoms with van der Waals surface area (Å²) in [4.78, 5) is 24.2. The van der Waals surface area contributed by atoms with Gasteiger partial charge in [0.2, 0.25) is 0 Å². The van der Waals surface area contributed by atoms with Gasteiger partial charge in [-0.05, 0) is 130 Å². The fourth-order valence-corrected chi connectivity index (χ4v) is 11.1. The number of halogens is 8. The highest BCUT2D eigenvalue weighted by Gasteiger charge is 2.40. The van der Waals surface area contributed by atoms with Crippen molar-refractivity contribution < 1.29 is 37.4 Å². The van der Waals surface area contributed by atoms with E-state index >= 15 is 0 Å². The van der Waals surface area contributed by atoms with Gasteiger partial charge in [-0.1, -0.05) is 46.4 Å². The van der Waals surface area contributed by atoms with Gasteiger partial charge in [0, 0.05) is 57.8 Å². The summed E-state index contributed by atoms with van der Waals surface area (Å²) in [6.07, 6.45) is 2.81. The summed E-state index contributed by atoms with van der Waals surface area (Å²) in [5, 5.41) is 11.7. The van der Waals surface area contributed by atoms with Crippen LogP contribution in [0.2, 0.25) is 26.1 Å². The predicted octanol–water partition coefficient (Wildman–Crippen LogP) is 9.68. The van der Waals surface area contributed by atoms with Gasteiger partial charge < -0.3 is 32.7 Å². The van der Waals surface area contributed by atoms with Gasteiger partial charge in [-0.15, -0.1) is 0 Å². The number of carboxylic acid groups (broad SMARTS) is 1. The first-order valence-corrected chi connectivity index (χ1v) is 21.4. The molecule has 0 aliphatic carbocycles. The Hall–Kier alpha value is 0.577. The molecule has 17 heteroatoms. The first-order chi connectivity index (χ1) is 21.8. The molecule has 2 aromatic carbocycles. The Labute approximate surface area is 342 Å². The number of ether oxygens (including phenoxy) is 2. The maximum absolute atomic E-state index is 12.5. The van der Waals surface area contributed by atoms with E-state index in [2.05, 4.69) is 45.2 Å². The Balaban J connectivity index is 2.23. The Kier molecular flexibility index (Phi) is 16.7. The lowest BCUT2D eigenvalue weighted by Crippen LogP contribution is -2.46. The van der Waals surface area contributed by atoms with E-state index in [0.29, 0.717) is 89.9 Å². The number of allylic oxidation sites excluding steroid dienone is 2. The number of fused-ring (bicyclic) bond motifs is 1. The fraction of sp³-hybridized carbons (Fsp3) is 0.310. The van der Waals surface area contributed by atoms with Crippen LogP contribution in [0.15, 0.2) is 31.1 Å². The Morgan fingerprint density at radius 2 is 1.59 bits per heavy atom. The van der Waals surface area contributed by atoms with E-state index in [1.54, 1.807) is 16.2 Å². The van der Waals surface area contributed by atoms with Gasteiger partial charge in [0.15, 0.2) is 12.0 Å². The number of aromatic carboxylic acids is 1. The minimum absolute atomic E-state index is 0.0351. The largest absolute Gasteiger partial charge is 0.545 e. The maximum Gasteiger partial charge on any atom is 0.501 e. The molecule has 1 heterocycles. The smallest absolute Gasteiger partial charge is 0.501 e. The van der Waals surface area contributed by atoms with Crippen molar-refractivity contribution in [2.75, 3.05) is 26.4 Å². The quantitative estimate of drug-likeness (QED) is 0.0331. The molecule has 0 saturated carbocycles. The highest BCUT2D eigenvalue weighted by Crippen LogP contribution is 2.53. The van der Waals surface area contributed by atoms with Crippen molar-refractivity contribution in [3.63, 3.8) is 0 Å². The van der Waals surface area contributed by atoms with Crippen LogP contribution in [0.25, 0.3) is 5.57 Å². The molecule has 0 saturated heterocycles. The molecule has 0 bridgehead atoms. The first-order valence-electron chi connectivity index (χ1n) is 13.5. The van der Waals surface area contributed by atoms with E-state index < -0.39 is 20.3 Å². The lowest BCUT2D eigenvalue weighted by atomic mass is 9.86. The second kappa shape index (κ2) is 18.7. The van der Waals surface area contributed by atoms with Crippen LogP contribution in [0.3, 0.4) is 0 Å². The van der Waals surface area contributed by atoms with E-state index in [4.69, 9.17) is 69.2 Å². The number of hydrogen-bond acceptors (Lipinski definition) is 8. The van der Waals surface area contributed by atoms with Crippen LogP contribution in [0.5, 0.6) is 11.5 Å². The number of carbonyl (C=O) groups is 2. The van der Waals surface area contributed by atoms with Gasteiger partial charge in [0.05, 0.1) is 43.4 Å². The lowest BCUT2D eigenvalue weighted by molar-refractivity contribution is -0.255. The molecule has 1 aliphatic heterocycles. The van der Waals surface area contributed by atoms with Crippen LogP contribution in [0.1, 0.15) is 48.7 Å². The van der Waals surface area contributed by atoms with Crippen molar-refractivity contribution in [1.29, 1.82) is 0 Å². The molecule has 46 heavy (non-hydrogen) atoms. The molecule has 0 spiro atoms. The monoisotopic (exact) mass is 1180 g/mol. The third-order valence-electron chi connectivity index (χ3n) is 6.33. The van der Waals surface area contributed by atoms with E-state index in [-0.39, 0.29) is 25.7 Å². The normalized spacial score (nSPS) is 14.4. The van der Waals surface area contributed by atoms with Crippen molar-refractivity contribution >= 4 is 163 Å². The number of carboxylic acids is 1. The number of carbonyl (C=O) groups excluding carboxylic acids is 2. The minimum Gasteiger partial charge on any atom is -0.545 e. The maximum atomic E-state index is 12.5. The molecule has 0 N–H and O–H groups in total. The second-order valence-electron chi connectivity index (χ2n) is 9.12. The van der Waals surface area contributed by atoms with E-state index in [1.165, 1.54) is 0 Å². The Morgan fingerprint density at radius 1 is 1.00 bits per heavy atom. The molecule has 3 rings (SSSR count). The molecule has 0 fully saturated rings. The zero-order valence-electron chi connectivity index (χ0n) is 24.3. The average Bonchev–Trinajstić information content (AvgIpc) is 3.01. The molecule has 1 aliphatic rings. The SMILES string of the molecule is CCO[Si](CCCOc1c(I)cc2c(c1I)O/C(=C\I)C(/C=C(/I)C=O)=C2c1c(Cl)c(Cl)c(Cl)c(Cl)c1C(=O)[O-])(OCC)OCC. The summed E-state index contributed by atoms with van der Waals surface area (Å²) < 4.78 is 33.8. The molecule has 0 amide bonds. The van der Waals surface area contributed by atoms with Crippen LogP contribution in [-0.4, -0.2) is 47.5 Å². The van der Waals surface area contributed by atoms with Gasteiger partial charge in [0.1, 0.15) is 11.5 Å². The average molecular weight is 1180 g/mol. The molecule has 2 aromatic rings. The third-order valence-corrected chi connectivity index (χ3v) is 14.2. The van der Waals surface area contributed by atoms with Crippen molar-refractivity contribution in [3.8, 4) is 11.5 Å². The van der Waals surface area contributed by atoms with E-state index in [1.807, 2.05) is 66.0 Å². The van der Waals surface area contributed by atoms with Crippen molar-refractivity contribution in [3.05, 3.63) is 75.1 Å². The third kappa shape index (κ3) is 9.08. The summed E-state index contributed by atoms with van der Waals surface area (Å²) in [7, 11) is -2.85. The molecule has 0 unspecified atom stereocenters. The zero-order valence-corrected chi connectivity index (χ0v) is 37.0. The summed E-state index contributed by atoms with van der Waals surface area (Å²) in [6, 6.07) is 2.35. The predicted molar refractivity (Wildman–Crippen MR) is 215 cm³/mol. The van der Waals surface area contributed by atoms with Crippen LogP contribution in [0, 0.1) is 7.14 Å². The summed E-state index contributed by atoms with van der Waals surface area (Å²) in [5.74, 6) is -0.378. The van der Waals surface area contributed by atoms with Gasteiger partial charge >= 0.3 is 8.80 Å².